The lowest BCUT2D eigenvalue weighted by atomic mass is 10.1. The van der Waals surface area contributed by atoms with Crippen LogP contribution in [-0.4, -0.2) is 69.3 Å². The van der Waals surface area contributed by atoms with Crippen LogP contribution in [0.2, 0.25) is 0 Å². The SMILES string of the molecule is CCCCCCCCCCCCOC(=O)CC[C@H](NC(=O)CCCCCCCCCC[N+](C)(C)C)C(=O)OCCCCCCCCCCCC. The molecule has 0 saturated heterocycles. The second-order valence-electron chi connectivity index (χ2n) is 16.0. The minimum atomic E-state index is -0.804. The Bertz CT molecular complexity index is 782. The van der Waals surface area contributed by atoms with Crippen LogP contribution in [0.25, 0.3) is 0 Å². The maximum atomic E-state index is 13.0. The zero-order valence-corrected chi connectivity index (χ0v) is 34.1. The van der Waals surface area contributed by atoms with E-state index in [2.05, 4.69) is 40.3 Å². The zero-order valence-electron chi connectivity index (χ0n) is 34.1. The molecule has 0 bridgehead atoms. The molecule has 0 unspecified atom stereocenters. The van der Waals surface area contributed by atoms with Gasteiger partial charge in [-0.2, -0.15) is 0 Å². The maximum Gasteiger partial charge on any atom is 0.328 e. The van der Waals surface area contributed by atoms with E-state index in [1.807, 2.05) is 0 Å². The lowest BCUT2D eigenvalue weighted by Gasteiger charge is -2.23. The first-order valence-corrected chi connectivity index (χ1v) is 21.6. The van der Waals surface area contributed by atoms with Crippen molar-refractivity contribution < 1.29 is 28.3 Å². The molecule has 1 amide bonds. The van der Waals surface area contributed by atoms with Gasteiger partial charge in [0.2, 0.25) is 5.91 Å². The number of esters is 2. The molecule has 0 aromatic rings. The molecule has 7 heteroatoms. The van der Waals surface area contributed by atoms with Gasteiger partial charge in [0.25, 0.3) is 0 Å². The molecule has 50 heavy (non-hydrogen) atoms. The normalized spacial score (nSPS) is 12.2. The molecule has 0 rings (SSSR count). The van der Waals surface area contributed by atoms with Gasteiger partial charge in [0.15, 0.2) is 0 Å². The van der Waals surface area contributed by atoms with Crippen LogP contribution in [0.1, 0.15) is 213 Å². The first-order chi connectivity index (χ1) is 24.2. The Kier molecular flexibility index (Phi) is 34.6. The molecule has 7 nitrogen and oxygen atoms in total. The lowest BCUT2D eigenvalue weighted by Crippen LogP contribution is -2.42. The monoisotopic (exact) mass is 710 g/mol. The number of hydrogen-bond donors (Lipinski definition) is 1. The van der Waals surface area contributed by atoms with Crippen molar-refractivity contribution in [3.05, 3.63) is 0 Å². The summed E-state index contributed by atoms with van der Waals surface area (Å²) in [5.41, 5.74) is 0. The van der Waals surface area contributed by atoms with Crippen LogP contribution in [-0.2, 0) is 23.9 Å². The number of carbonyl (C=O) groups excluding carboxylic acids is 3. The van der Waals surface area contributed by atoms with Crippen molar-refractivity contribution in [2.45, 2.75) is 219 Å². The van der Waals surface area contributed by atoms with E-state index in [4.69, 9.17) is 9.47 Å². The predicted octanol–water partition coefficient (Wildman–Crippen LogP) is 11.4. The van der Waals surface area contributed by atoms with Crippen molar-refractivity contribution in [3.63, 3.8) is 0 Å². The quantitative estimate of drug-likeness (QED) is 0.0392. The van der Waals surface area contributed by atoms with Gasteiger partial charge >= 0.3 is 11.9 Å². The fourth-order valence-electron chi connectivity index (χ4n) is 6.42. The first kappa shape index (κ1) is 48.4. The highest BCUT2D eigenvalue weighted by molar-refractivity contribution is 5.85. The molecule has 1 atom stereocenters. The Hall–Kier alpha value is -1.63. The molecule has 296 valence electrons. The largest absolute Gasteiger partial charge is 0.466 e. The van der Waals surface area contributed by atoms with Crippen LogP contribution in [0.5, 0.6) is 0 Å². The highest BCUT2D eigenvalue weighted by Crippen LogP contribution is 2.14. The molecule has 0 aromatic carbocycles. The van der Waals surface area contributed by atoms with Gasteiger partial charge in [-0.3, -0.25) is 9.59 Å². The molecule has 0 aliphatic rings. The Morgan fingerprint density at radius 2 is 0.860 bits per heavy atom. The molecular weight excluding hydrogens is 624 g/mol. The Morgan fingerprint density at radius 3 is 1.30 bits per heavy atom. The van der Waals surface area contributed by atoms with Gasteiger partial charge in [-0.1, -0.05) is 162 Å². The second kappa shape index (κ2) is 35.8. The fraction of sp³-hybridized carbons (Fsp3) is 0.930. The summed E-state index contributed by atoms with van der Waals surface area (Å²) < 4.78 is 12.1. The number of amides is 1. The number of quaternary nitrogens is 1. The van der Waals surface area contributed by atoms with E-state index in [0.717, 1.165) is 55.8 Å². The highest BCUT2D eigenvalue weighted by atomic mass is 16.5. The number of hydrogen-bond acceptors (Lipinski definition) is 5. The summed E-state index contributed by atoms with van der Waals surface area (Å²) in [4.78, 5) is 38.3. The van der Waals surface area contributed by atoms with Gasteiger partial charge in [-0.25, -0.2) is 4.79 Å². The molecule has 0 aromatic heterocycles. The molecule has 0 aliphatic heterocycles. The number of rotatable bonds is 38. The van der Waals surface area contributed by atoms with Crippen molar-refractivity contribution in [1.82, 2.24) is 5.32 Å². The number of nitrogens with zero attached hydrogens (tertiary/aromatic N) is 1. The second-order valence-corrected chi connectivity index (χ2v) is 16.0. The van der Waals surface area contributed by atoms with E-state index in [1.54, 1.807) is 0 Å². The van der Waals surface area contributed by atoms with Crippen LogP contribution < -0.4 is 5.32 Å². The number of unbranched alkanes of at least 4 members (excludes halogenated alkanes) is 25. The van der Waals surface area contributed by atoms with Crippen LogP contribution >= 0.6 is 0 Å². The number of ether oxygens (including phenoxy) is 2. The van der Waals surface area contributed by atoms with Crippen LogP contribution in [0.3, 0.4) is 0 Å². The van der Waals surface area contributed by atoms with E-state index < -0.39 is 12.0 Å². The minimum absolute atomic E-state index is 0.102. The van der Waals surface area contributed by atoms with Crippen LogP contribution in [0.4, 0.5) is 0 Å². The topological polar surface area (TPSA) is 81.7 Å². The molecule has 0 saturated carbocycles. The zero-order chi connectivity index (χ0) is 37.0. The first-order valence-electron chi connectivity index (χ1n) is 21.6. The van der Waals surface area contributed by atoms with Crippen molar-refractivity contribution in [2.75, 3.05) is 40.9 Å². The molecule has 1 N–H and O–H groups in total. The van der Waals surface area contributed by atoms with Crippen molar-refractivity contribution in [1.29, 1.82) is 0 Å². The molecular formula is C43H85N2O5+. The summed E-state index contributed by atoms with van der Waals surface area (Å²) in [6.07, 6.45) is 34.5. The van der Waals surface area contributed by atoms with Crippen LogP contribution in [0, 0.1) is 0 Å². The summed E-state index contributed by atoms with van der Waals surface area (Å²) in [6.45, 7) is 6.50. The minimum Gasteiger partial charge on any atom is -0.466 e. The number of nitrogens with one attached hydrogen (secondary N) is 1. The van der Waals surface area contributed by atoms with Gasteiger partial charge in [-0.05, 0) is 38.5 Å². The summed E-state index contributed by atoms with van der Waals surface area (Å²) in [6, 6.07) is -0.804. The van der Waals surface area contributed by atoms with E-state index in [0.29, 0.717) is 19.6 Å². The highest BCUT2D eigenvalue weighted by Gasteiger charge is 2.23. The van der Waals surface area contributed by atoms with Crippen LogP contribution in [0.15, 0.2) is 0 Å². The van der Waals surface area contributed by atoms with Gasteiger partial charge < -0.3 is 19.3 Å². The van der Waals surface area contributed by atoms with Gasteiger partial charge in [0.05, 0.1) is 40.9 Å². The lowest BCUT2D eigenvalue weighted by molar-refractivity contribution is -0.870. The van der Waals surface area contributed by atoms with Crippen molar-refractivity contribution >= 4 is 17.8 Å². The Labute approximate surface area is 310 Å². The predicted molar refractivity (Wildman–Crippen MR) is 211 cm³/mol. The van der Waals surface area contributed by atoms with Crippen molar-refractivity contribution in [2.24, 2.45) is 0 Å². The molecule has 0 aliphatic carbocycles. The van der Waals surface area contributed by atoms with E-state index >= 15 is 0 Å². The average Bonchev–Trinajstić information content (AvgIpc) is 3.08. The molecule has 0 heterocycles. The van der Waals surface area contributed by atoms with E-state index in [1.165, 1.54) is 135 Å². The average molecular weight is 710 g/mol. The summed E-state index contributed by atoms with van der Waals surface area (Å²) in [5.74, 6) is -0.868. The summed E-state index contributed by atoms with van der Waals surface area (Å²) >= 11 is 0. The fourth-order valence-corrected chi connectivity index (χ4v) is 6.42. The third-order valence-electron chi connectivity index (χ3n) is 9.74. The van der Waals surface area contributed by atoms with E-state index in [-0.39, 0.29) is 24.7 Å². The molecule has 0 spiro atoms. The smallest absolute Gasteiger partial charge is 0.328 e. The van der Waals surface area contributed by atoms with Crippen molar-refractivity contribution in [3.8, 4) is 0 Å². The van der Waals surface area contributed by atoms with Gasteiger partial charge in [0, 0.05) is 12.8 Å². The molecule has 0 fully saturated rings. The third kappa shape index (κ3) is 36.2. The van der Waals surface area contributed by atoms with Gasteiger partial charge in [0.1, 0.15) is 6.04 Å². The molecule has 0 radical (unpaired) electrons. The number of carbonyl (C=O) groups is 3. The summed E-state index contributed by atoms with van der Waals surface area (Å²) in [7, 11) is 6.74. The summed E-state index contributed by atoms with van der Waals surface area (Å²) in [5, 5.41) is 2.89. The standard InChI is InChI=1S/C43H84N2O5/c1-6-8-10-12-14-16-20-24-28-32-38-49-42(47)36-35-40(43(48)50-39-33-29-25-21-17-15-13-11-9-7-2)44-41(46)34-30-26-22-18-19-23-27-31-37-45(3,4)5/h40H,6-39H2,1-5H3/p+1/t40-/m0/s1. The third-order valence-corrected chi connectivity index (χ3v) is 9.74. The Balaban J connectivity index is 4.38. The maximum absolute atomic E-state index is 13.0. The van der Waals surface area contributed by atoms with Gasteiger partial charge in [-0.15, -0.1) is 0 Å². The van der Waals surface area contributed by atoms with E-state index in [9.17, 15) is 14.4 Å². The Morgan fingerprint density at radius 1 is 0.480 bits per heavy atom.